The highest BCUT2D eigenvalue weighted by Crippen LogP contribution is 2.60. The van der Waals surface area contributed by atoms with E-state index in [9.17, 15) is 4.79 Å². The van der Waals surface area contributed by atoms with Crippen molar-refractivity contribution in [2.24, 2.45) is 17.8 Å². The Morgan fingerprint density at radius 3 is 1.83 bits per heavy atom. The van der Waals surface area contributed by atoms with Crippen LogP contribution in [0.15, 0.2) is 66.7 Å². The zero-order valence-electron chi connectivity index (χ0n) is 16.9. The number of anilines is 1. The molecule has 2 nitrogen and oxygen atoms in total. The number of benzene rings is 3. The summed E-state index contributed by atoms with van der Waals surface area (Å²) in [7, 11) is 0. The zero-order chi connectivity index (χ0) is 21.0. The molecule has 0 spiro atoms. The van der Waals surface area contributed by atoms with Crippen LogP contribution < -0.4 is 5.32 Å². The third-order valence-corrected chi connectivity index (χ3v) is 7.49. The van der Waals surface area contributed by atoms with Gasteiger partial charge >= 0.3 is 0 Å². The molecule has 0 radical (unpaired) electrons. The van der Waals surface area contributed by atoms with Crippen molar-refractivity contribution in [3.05, 3.63) is 99.0 Å². The molecular weight excluding hydrogens is 413 g/mol. The molecule has 2 atom stereocenters. The van der Waals surface area contributed by atoms with Crippen molar-refractivity contribution in [3.8, 4) is 0 Å². The minimum absolute atomic E-state index is 0.0473. The number of rotatable bonds is 3. The van der Waals surface area contributed by atoms with Crippen LogP contribution in [0.1, 0.15) is 47.9 Å². The standard InChI is InChI=1S/C26H23Cl2NO/c1-14(2)22-23-16-7-3-5-9-18(16)24(19-10-6-4-8-17(19)23)25(22)26(30)29-15-11-12-20(27)21(28)13-15/h3-14,22-25H,1-2H3,(H,29,30)/t22-,23?,24?,25-/m0/s1. The highest BCUT2D eigenvalue weighted by Gasteiger charge is 2.53. The molecule has 6 rings (SSSR count). The van der Waals surface area contributed by atoms with E-state index in [0.29, 0.717) is 21.7 Å². The Bertz CT molecular complexity index is 1090. The molecule has 0 aliphatic heterocycles. The highest BCUT2D eigenvalue weighted by molar-refractivity contribution is 6.42. The summed E-state index contributed by atoms with van der Waals surface area (Å²) in [5, 5.41) is 4.05. The van der Waals surface area contributed by atoms with Gasteiger partial charge in [0.05, 0.1) is 16.0 Å². The fourth-order valence-electron chi connectivity index (χ4n) is 5.65. The van der Waals surface area contributed by atoms with Crippen LogP contribution in [0.5, 0.6) is 0 Å². The first-order chi connectivity index (χ1) is 14.5. The Labute approximate surface area is 187 Å². The van der Waals surface area contributed by atoms with E-state index >= 15 is 0 Å². The maximum Gasteiger partial charge on any atom is 0.228 e. The topological polar surface area (TPSA) is 29.1 Å². The number of nitrogens with one attached hydrogen (secondary N) is 1. The van der Waals surface area contributed by atoms with E-state index in [1.165, 1.54) is 22.3 Å². The third-order valence-electron chi connectivity index (χ3n) is 6.75. The van der Waals surface area contributed by atoms with Gasteiger partial charge in [0.1, 0.15) is 0 Å². The van der Waals surface area contributed by atoms with Crippen LogP contribution in [-0.4, -0.2) is 5.91 Å². The van der Waals surface area contributed by atoms with Crippen molar-refractivity contribution in [1.29, 1.82) is 0 Å². The van der Waals surface area contributed by atoms with Gasteiger partial charge in [-0.1, -0.05) is 85.6 Å². The van der Waals surface area contributed by atoms with Gasteiger partial charge in [0.2, 0.25) is 5.91 Å². The van der Waals surface area contributed by atoms with Gasteiger partial charge in [-0.3, -0.25) is 4.79 Å². The van der Waals surface area contributed by atoms with E-state index in [-0.39, 0.29) is 29.6 Å². The summed E-state index contributed by atoms with van der Waals surface area (Å²) in [5.41, 5.74) is 6.00. The second kappa shape index (κ2) is 7.44. The van der Waals surface area contributed by atoms with Gasteiger partial charge in [-0.05, 0) is 52.3 Å². The maximum atomic E-state index is 13.7. The molecule has 0 saturated heterocycles. The molecular formula is C26H23Cl2NO. The van der Waals surface area contributed by atoms with Crippen LogP contribution in [0.2, 0.25) is 10.0 Å². The molecule has 152 valence electrons. The predicted molar refractivity (Wildman–Crippen MR) is 123 cm³/mol. The lowest BCUT2D eigenvalue weighted by atomic mass is 9.52. The summed E-state index contributed by atoms with van der Waals surface area (Å²) < 4.78 is 0. The van der Waals surface area contributed by atoms with Crippen molar-refractivity contribution in [3.63, 3.8) is 0 Å². The first kappa shape index (κ1) is 19.7. The van der Waals surface area contributed by atoms with Crippen molar-refractivity contribution in [1.82, 2.24) is 0 Å². The Hall–Kier alpha value is -2.29. The lowest BCUT2D eigenvalue weighted by Gasteiger charge is -2.51. The second-order valence-corrected chi connectivity index (χ2v) is 9.49. The molecule has 4 heteroatoms. The molecule has 0 fully saturated rings. The van der Waals surface area contributed by atoms with Gasteiger partial charge in [-0.25, -0.2) is 0 Å². The Balaban J connectivity index is 1.62. The van der Waals surface area contributed by atoms with Gasteiger partial charge in [0.15, 0.2) is 0 Å². The summed E-state index contributed by atoms with van der Waals surface area (Å²) >= 11 is 12.2. The largest absolute Gasteiger partial charge is 0.326 e. The molecule has 0 heterocycles. The average Bonchev–Trinajstić information content (AvgIpc) is 2.75. The summed E-state index contributed by atoms with van der Waals surface area (Å²) in [6.45, 7) is 4.46. The predicted octanol–water partition coefficient (Wildman–Crippen LogP) is 7.11. The zero-order valence-corrected chi connectivity index (χ0v) is 18.4. The monoisotopic (exact) mass is 435 g/mol. The van der Waals surface area contributed by atoms with Crippen molar-refractivity contribution < 1.29 is 4.79 Å². The van der Waals surface area contributed by atoms with Crippen molar-refractivity contribution in [2.45, 2.75) is 25.7 Å². The summed E-state index contributed by atoms with van der Waals surface area (Å²) in [6.07, 6.45) is 0. The molecule has 0 aromatic heterocycles. The van der Waals surface area contributed by atoms with Gasteiger partial charge < -0.3 is 5.32 Å². The molecule has 0 unspecified atom stereocenters. The second-order valence-electron chi connectivity index (χ2n) is 8.68. The summed E-state index contributed by atoms with van der Waals surface area (Å²) in [5.74, 6) is 0.774. The molecule has 3 aliphatic carbocycles. The highest BCUT2D eigenvalue weighted by atomic mass is 35.5. The number of carbonyl (C=O) groups excluding carboxylic acids is 1. The van der Waals surface area contributed by atoms with E-state index in [4.69, 9.17) is 23.2 Å². The summed E-state index contributed by atoms with van der Waals surface area (Å²) in [6, 6.07) is 22.5. The Morgan fingerprint density at radius 1 is 0.800 bits per heavy atom. The lowest BCUT2D eigenvalue weighted by Crippen LogP contribution is -2.47. The summed E-state index contributed by atoms with van der Waals surface area (Å²) in [4.78, 5) is 13.7. The fourth-order valence-corrected chi connectivity index (χ4v) is 5.94. The number of hydrogen-bond donors (Lipinski definition) is 1. The number of amides is 1. The minimum atomic E-state index is -0.144. The van der Waals surface area contributed by atoms with Crippen molar-refractivity contribution >= 4 is 34.8 Å². The van der Waals surface area contributed by atoms with Gasteiger partial charge in [0.25, 0.3) is 0 Å². The molecule has 3 aromatic rings. The van der Waals surface area contributed by atoms with Crippen LogP contribution in [-0.2, 0) is 4.79 Å². The van der Waals surface area contributed by atoms with E-state index < -0.39 is 0 Å². The molecule has 1 amide bonds. The Kier molecular flexibility index (Phi) is 4.88. The average molecular weight is 436 g/mol. The van der Waals surface area contributed by atoms with Crippen LogP contribution in [0.25, 0.3) is 0 Å². The van der Waals surface area contributed by atoms with Crippen LogP contribution in [0, 0.1) is 17.8 Å². The van der Waals surface area contributed by atoms with Gasteiger partial charge in [-0.15, -0.1) is 0 Å². The maximum absolute atomic E-state index is 13.7. The van der Waals surface area contributed by atoms with E-state index in [1.807, 2.05) is 0 Å². The van der Waals surface area contributed by atoms with E-state index in [0.717, 1.165) is 0 Å². The van der Waals surface area contributed by atoms with E-state index in [2.05, 4.69) is 67.7 Å². The number of hydrogen-bond acceptors (Lipinski definition) is 1. The molecule has 1 N–H and O–H groups in total. The number of fused-ring (bicyclic) bond motifs is 1. The van der Waals surface area contributed by atoms with E-state index in [1.54, 1.807) is 18.2 Å². The number of carbonyl (C=O) groups is 1. The Morgan fingerprint density at radius 2 is 1.33 bits per heavy atom. The fraction of sp³-hybridized carbons (Fsp3) is 0.269. The first-order valence-electron chi connectivity index (χ1n) is 10.4. The molecule has 2 bridgehead atoms. The molecule has 0 saturated carbocycles. The smallest absolute Gasteiger partial charge is 0.228 e. The van der Waals surface area contributed by atoms with Crippen molar-refractivity contribution in [2.75, 3.05) is 5.32 Å². The van der Waals surface area contributed by atoms with Gasteiger partial charge in [0, 0.05) is 17.5 Å². The van der Waals surface area contributed by atoms with Crippen LogP contribution in [0.3, 0.4) is 0 Å². The lowest BCUT2D eigenvalue weighted by molar-refractivity contribution is -0.123. The molecule has 3 aliphatic rings. The van der Waals surface area contributed by atoms with Crippen LogP contribution in [0.4, 0.5) is 5.69 Å². The first-order valence-corrected chi connectivity index (χ1v) is 11.2. The quantitative estimate of drug-likeness (QED) is 0.466. The SMILES string of the molecule is CC(C)[C@H]1C2c3ccccc3C(c3ccccc32)[C@H]1C(=O)Nc1ccc(Cl)c(Cl)c1. The number of halogens is 2. The van der Waals surface area contributed by atoms with Gasteiger partial charge in [-0.2, -0.15) is 0 Å². The normalized spacial score (nSPS) is 23.8. The minimum Gasteiger partial charge on any atom is -0.326 e. The van der Waals surface area contributed by atoms with Crippen LogP contribution >= 0.6 is 23.2 Å². The molecule has 3 aromatic carbocycles. The molecule has 30 heavy (non-hydrogen) atoms. The third kappa shape index (κ3) is 2.97.